The lowest BCUT2D eigenvalue weighted by atomic mass is 9.82. The number of aryl methyl sites for hydroxylation is 1. The zero-order valence-corrected chi connectivity index (χ0v) is 15.2. The van der Waals surface area contributed by atoms with Crippen LogP contribution in [0.5, 0.6) is 0 Å². The number of rotatable bonds is 3. The first-order chi connectivity index (χ1) is 12.0. The van der Waals surface area contributed by atoms with Crippen molar-refractivity contribution in [2.75, 3.05) is 13.1 Å². The molecule has 1 atom stereocenters. The van der Waals surface area contributed by atoms with Gasteiger partial charge in [-0.1, -0.05) is 44.2 Å². The molecule has 0 radical (unpaired) electrons. The molecule has 2 aliphatic carbocycles. The van der Waals surface area contributed by atoms with Gasteiger partial charge in [-0.25, -0.2) is 4.39 Å². The second kappa shape index (κ2) is 5.41. The molecule has 0 N–H and O–H groups in total. The van der Waals surface area contributed by atoms with Gasteiger partial charge in [0, 0.05) is 19.1 Å². The summed E-state index contributed by atoms with van der Waals surface area (Å²) in [5, 5.41) is 0. The molecule has 3 aliphatic rings. The molecule has 0 aromatic heterocycles. The van der Waals surface area contributed by atoms with Gasteiger partial charge in [0.05, 0.1) is 0 Å². The fraction of sp³-hybridized carbons (Fsp3) is 0.478. The molecule has 0 bridgehead atoms. The maximum Gasteiger partial charge on any atom is 0.127 e. The van der Waals surface area contributed by atoms with Crippen molar-refractivity contribution in [1.82, 2.24) is 4.90 Å². The summed E-state index contributed by atoms with van der Waals surface area (Å²) < 4.78 is 14.4. The minimum Gasteiger partial charge on any atom is -0.295 e. The van der Waals surface area contributed by atoms with Crippen LogP contribution in [0.3, 0.4) is 0 Å². The number of nitrogens with zero attached hydrogens (tertiary/aromatic N) is 1. The van der Waals surface area contributed by atoms with E-state index in [1.54, 1.807) is 6.07 Å². The highest BCUT2D eigenvalue weighted by Crippen LogP contribution is 2.44. The van der Waals surface area contributed by atoms with Gasteiger partial charge in [0.15, 0.2) is 0 Å². The number of fused-ring (bicyclic) bond motifs is 1. The first-order valence-electron chi connectivity index (χ1n) is 9.67. The quantitative estimate of drug-likeness (QED) is 0.695. The van der Waals surface area contributed by atoms with Crippen LogP contribution in [0, 0.1) is 11.2 Å². The summed E-state index contributed by atoms with van der Waals surface area (Å²) >= 11 is 0. The van der Waals surface area contributed by atoms with Crippen molar-refractivity contribution < 1.29 is 4.39 Å². The molecular formula is C23H26FN. The normalized spacial score (nSPS) is 24.8. The molecule has 5 rings (SSSR count). The van der Waals surface area contributed by atoms with Gasteiger partial charge in [0.2, 0.25) is 0 Å². The Balaban J connectivity index is 1.41. The molecule has 1 aliphatic heterocycles. The van der Waals surface area contributed by atoms with Crippen molar-refractivity contribution in [3.63, 3.8) is 0 Å². The van der Waals surface area contributed by atoms with Crippen molar-refractivity contribution in [3.05, 3.63) is 58.9 Å². The molecule has 1 unspecified atom stereocenters. The smallest absolute Gasteiger partial charge is 0.127 e. The van der Waals surface area contributed by atoms with Gasteiger partial charge in [-0.05, 0) is 70.9 Å². The zero-order valence-electron chi connectivity index (χ0n) is 15.2. The largest absolute Gasteiger partial charge is 0.295 e. The van der Waals surface area contributed by atoms with Gasteiger partial charge >= 0.3 is 0 Å². The average molecular weight is 335 g/mol. The number of hydrogen-bond acceptors (Lipinski definition) is 1. The Morgan fingerprint density at radius 1 is 0.920 bits per heavy atom. The van der Waals surface area contributed by atoms with E-state index in [0.29, 0.717) is 17.4 Å². The Kier molecular flexibility index (Phi) is 3.37. The zero-order chi connectivity index (χ0) is 17.2. The third kappa shape index (κ3) is 2.71. The molecule has 2 heteroatoms. The van der Waals surface area contributed by atoms with Crippen LogP contribution in [0.25, 0.3) is 11.1 Å². The monoisotopic (exact) mass is 335 g/mol. The van der Waals surface area contributed by atoms with Crippen LogP contribution >= 0.6 is 0 Å². The fourth-order valence-electron chi connectivity index (χ4n) is 4.86. The standard InChI is InChI=1S/C23H26FN/c1-23(2)13-25(14-23)22-10-7-18-11-16(6-9-20(18)22)17-5-8-19(15-3-4-15)21(24)12-17/h5-6,8-9,11-12,15,22H,3-4,7,10,13-14H2,1-2H3. The van der Waals surface area contributed by atoms with Crippen molar-refractivity contribution in [3.8, 4) is 11.1 Å². The summed E-state index contributed by atoms with van der Waals surface area (Å²) in [6, 6.07) is 13.2. The molecule has 1 saturated heterocycles. The molecule has 0 amide bonds. The van der Waals surface area contributed by atoms with Crippen LogP contribution in [0.1, 0.15) is 61.8 Å². The lowest BCUT2D eigenvalue weighted by molar-refractivity contribution is -0.00639. The van der Waals surface area contributed by atoms with Crippen molar-refractivity contribution in [2.45, 2.75) is 51.5 Å². The maximum absolute atomic E-state index is 14.4. The molecule has 25 heavy (non-hydrogen) atoms. The Morgan fingerprint density at radius 2 is 1.60 bits per heavy atom. The van der Waals surface area contributed by atoms with Gasteiger partial charge < -0.3 is 0 Å². The number of benzene rings is 2. The lowest BCUT2D eigenvalue weighted by Crippen LogP contribution is -2.53. The minimum atomic E-state index is -0.0267. The highest BCUT2D eigenvalue weighted by molar-refractivity contribution is 5.66. The molecule has 1 heterocycles. The topological polar surface area (TPSA) is 3.24 Å². The molecular weight excluding hydrogens is 309 g/mol. The van der Waals surface area contributed by atoms with Crippen molar-refractivity contribution in [2.24, 2.45) is 5.41 Å². The van der Waals surface area contributed by atoms with Gasteiger partial charge in [-0.3, -0.25) is 4.90 Å². The van der Waals surface area contributed by atoms with Crippen LogP contribution in [0.4, 0.5) is 4.39 Å². The van der Waals surface area contributed by atoms with Gasteiger partial charge in [0.25, 0.3) is 0 Å². The summed E-state index contributed by atoms with van der Waals surface area (Å²) in [4.78, 5) is 2.62. The Bertz CT molecular complexity index is 826. The second-order valence-corrected chi connectivity index (χ2v) is 9.05. The third-order valence-corrected chi connectivity index (χ3v) is 6.24. The first kappa shape index (κ1) is 15.6. The van der Waals surface area contributed by atoms with E-state index in [1.807, 2.05) is 6.07 Å². The van der Waals surface area contributed by atoms with Crippen LogP contribution in [-0.4, -0.2) is 18.0 Å². The predicted molar refractivity (Wildman–Crippen MR) is 100 cm³/mol. The second-order valence-electron chi connectivity index (χ2n) is 9.05. The molecule has 1 nitrogen and oxygen atoms in total. The van der Waals surface area contributed by atoms with E-state index >= 15 is 0 Å². The summed E-state index contributed by atoms with van der Waals surface area (Å²) in [5.41, 5.74) is 6.50. The van der Waals surface area contributed by atoms with Crippen molar-refractivity contribution >= 4 is 0 Å². The minimum absolute atomic E-state index is 0.0267. The number of likely N-dealkylation sites (tertiary alicyclic amines) is 1. The summed E-state index contributed by atoms with van der Waals surface area (Å²) in [7, 11) is 0. The molecule has 0 spiro atoms. The fourth-order valence-corrected chi connectivity index (χ4v) is 4.86. The summed E-state index contributed by atoms with van der Waals surface area (Å²) in [6.45, 7) is 7.10. The molecule has 2 aromatic rings. The molecule has 2 aromatic carbocycles. The van der Waals surface area contributed by atoms with Gasteiger partial charge in [-0.15, -0.1) is 0 Å². The maximum atomic E-state index is 14.4. The average Bonchev–Trinajstić information content (AvgIpc) is 3.31. The first-order valence-corrected chi connectivity index (χ1v) is 9.67. The van der Waals surface area contributed by atoms with E-state index in [4.69, 9.17) is 0 Å². The lowest BCUT2D eigenvalue weighted by Gasteiger charge is -2.49. The highest BCUT2D eigenvalue weighted by Gasteiger charge is 2.40. The third-order valence-electron chi connectivity index (χ3n) is 6.24. The number of halogens is 1. The highest BCUT2D eigenvalue weighted by atomic mass is 19.1. The molecule has 1 saturated carbocycles. The van der Waals surface area contributed by atoms with Crippen LogP contribution in [0.15, 0.2) is 36.4 Å². The Hall–Kier alpha value is -1.67. The van der Waals surface area contributed by atoms with E-state index in [0.717, 1.165) is 36.0 Å². The Morgan fingerprint density at radius 3 is 2.24 bits per heavy atom. The SMILES string of the molecule is CC1(C)CN(C2CCc3cc(-c4ccc(C5CC5)c(F)c4)ccc32)C1. The predicted octanol–water partition coefficient (Wildman–Crippen LogP) is 5.70. The molecule has 130 valence electrons. The van der Waals surface area contributed by atoms with Crippen molar-refractivity contribution in [1.29, 1.82) is 0 Å². The van der Waals surface area contributed by atoms with E-state index in [1.165, 1.54) is 30.6 Å². The van der Waals surface area contributed by atoms with E-state index in [9.17, 15) is 4.39 Å². The van der Waals surface area contributed by atoms with Crippen LogP contribution in [-0.2, 0) is 6.42 Å². The van der Waals surface area contributed by atoms with Gasteiger partial charge in [0.1, 0.15) is 5.82 Å². The summed E-state index contributed by atoms with van der Waals surface area (Å²) in [6.07, 6.45) is 4.66. The van der Waals surface area contributed by atoms with Gasteiger partial charge in [-0.2, -0.15) is 0 Å². The Labute approximate surface area is 149 Å². The van der Waals surface area contributed by atoms with E-state index in [-0.39, 0.29) is 5.82 Å². The van der Waals surface area contributed by atoms with E-state index in [2.05, 4.69) is 43.0 Å². The molecule has 2 fully saturated rings. The van der Waals surface area contributed by atoms with Crippen LogP contribution < -0.4 is 0 Å². The number of hydrogen-bond donors (Lipinski definition) is 0. The van der Waals surface area contributed by atoms with E-state index < -0.39 is 0 Å². The van der Waals surface area contributed by atoms with Crippen LogP contribution in [0.2, 0.25) is 0 Å². The summed E-state index contributed by atoms with van der Waals surface area (Å²) in [5.74, 6) is 0.441.